The lowest BCUT2D eigenvalue weighted by atomic mass is 10.3. The molecule has 1 fully saturated rings. The fourth-order valence-electron chi connectivity index (χ4n) is 1.33. The Kier molecular flexibility index (Phi) is 3.36. The summed E-state index contributed by atoms with van der Waals surface area (Å²) in [6.07, 6.45) is 3.60. The second-order valence-electron chi connectivity index (χ2n) is 3.95. The second kappa shape index (κ2) is 4.94. The van der Waals surface area contributed by atoms with Gasteiger partial charge >= 0.3 is 0 Å². The maximum Gasteiger partial charge on any atom is 0.234 e. The van der Waals surface area contributed by atoms with E-state index < -0.39 is 0 Å². The summed E-state index contributed by atoms with van der Waals surface area (Å²) in [5.41, 5.74) is 0.803. The van der Waals surface area contributed by atoms with Crippen molar-refractivity contribution >= 4 is 5.91 Å². The van der Waals surface area contributed by atoms with Crippen LogP contribution in [0.1, 0.15) is 18.5 Å². The molecule has 5 nitrogen and oxygen atoms in total. The van der Waals surface area contributed by atoms with Crippen molar-refractivity contribution in [3.8, 4) is 5.75 Å². The summed E-state index contributed by atoms with van der Waals surface area (Å²) in [7, 11) is 0. The van der Waals surface area contributed by atoms with E-state index in [0.29, 0.717) is 19.1 Å². The van der Waals surface area contributed by atoms with Crippen molar-refractivity contribution in [1.29, 1.82) is 0 Å². The van der Waals surface area contributed by atoms with Gasteiger partial charge in [-0.15, -0.1) is 0 Å². The number of hydrogen-bond donors (Lipinski definition) is 3. The molecule has 0 saturated heterocycles. The van der Waals surface area contributed by atoms with E-state index in [9.17, 15) is 4.79 Å². The van der Waals surface area contributed by atoms with E-state index in [2.05, 4.69) is 15.6 Å². The molecule has 5 heteroatoms. The molecule has 0 unspecified atom stereocenters. The molecule has 1 aliphatic rings. The highest BCUT2D eigenvalue weighted by Gasteiger charge is 2.22. The summed E-state index contributed by atoms with van der Waals surface area (Å²) in [5, 5.41) is 14.9. The zero-order valence-corrected chi connectivity index (χ0v) is 8.94. The van der Waals surface area contributed by atoms with Crippen LogP contribution in [0.15, 0.2) is 18.3 Å². The molecule has 0 spiro atoms. The van der Waals surface area contributed by atoms with Crippen molar-refractivity contribution in [2.75, 3.05) is 6.54 Å². The number of carbonyl (C=O) groups excluding carboxylic acids is 1. The van der Waals surface area contributed by atoms with Crippen molar-refractivity contribution in [1.82, 2.24) is 15.6 Å². The van der Waals surface area contributed by atoms with Crippen LogP contribution in [0.25, 0.3) is 0 Å². The van der Waals surface area contributed by atoms with Gasteiger partial charge < -0.3 is 15.7 Å². The molecule has 0 aliphatic heterocycles. The van der Waals surface area contributed by atoms with Gasteiger partial charge in [0.05, 0.1) is 18.4 Å². The zero-order valence-electron chi connectivity index (χ0n) is 8.94. The van der Waals surface area contributed by atoms with Crippen LogP contribution in [0.2, 0.25) is 0 Å². The van der Waals surface area contributed by atoms with Crippen LogP contribution >= 0.6 is 0 Å². The lowest BCUT2D eigenvalue weighted by Gasteiger charge is -2.05. The topological polar surface area (TPSA) is 74.2 Å². The molecule has 1 amide bonds. The van der Waals surface area contributed by atoms with Gasteiger partial charge in [0.1, 0.15) is 5.75 Å². The van der Waals surface area contributed by atoms with Crippen molar-refractivity contribution in [3.63, 3.8) is 0 Å². The average Bonchev–Trinajstić information content (AvgIpc) is 3.05. The molecule has 1 saturated carbocycles. The Morgan fingerprint density at radius 3 is 2.94 bits per heavy atom. The van der Waals surface area contributed by atoms with Crippen LogP contribution in [-0.4, -0.2) is 28.6 Å². The van der Waals surface area contributed by atoms with Crippen LogP contribution in [0, 0.1) is 0 Å². The summed E-state index contributed by atoms with van der Waals surface area (Å²) in [4.78, 5) is 15.3. The maximum absolute atomic E-state index is 11.3. The van der Waals surface area contributed by atoms with Crippen molar-refractivity contribution in [2.24, 2.45) is 0 Å². The molecule has 0 bridgehead atoms. The van der Waals surface area contributed by atoms with Gasteiger partial charge in [-0.3, -0.25) is 9.78 Å². The highest BCUT2D eigenvalue weighted by molar-refractivity contribution is 5.78. The molecule has 16 heavy (non-hydrogen) atoms. The SMILES string of the molecule is O=C(CNCc1ccc(O)cn1)NC1CC1. The van der Waals surface area contributed by atoms with Gasteiger partial charge in [-0.25, -0.2) is 0 Å². The maximum atomic E-state index is 11.3. The minimum absolute atomic E-state index is 0.0290. The number of rotatable bonds is 5. The first-order valence-corrected chi connectivity index (χ1v) is 5.38. The van der Waals surface area contributed by atoms with E-state index >= 15 is 0 Å². The Balaban J connectivity index is 1.66. The van der Waals surface area contributed by atoms with Gasteiger partial charge in [0.25, 0.3) is 0 Å². The molecule has 2 rings (SSSR count). The molecular weight excluding hydrogens is 206 g/mol. The number of carbonyl (C=O) groups is 1. The van der Waals surface area contributed by atoms with Gasteiger partial charge in [0.2, 0.25) is 5.91 Å². The summed E-state index contributed by atoms with van der Waals surface area (Å²) in [6, 6.07) is 3.70. The quantitative estimate of drug-likeness (QED) is 0.662. The Labute approximate surface area is 93.9 Å². The predicted molar refractivity (Wildman–Crippen MR) is 58.8 cm³/mol. The summed E-state index contributed by atoms with van der Waals surface area (Å²) >= 11 is 0. The van der Waals surface area contributed by atoms with Gasteiger partial charge in [0.15, 0.2) is 0 Å². The number of aromatic nitrogens is 1. The fraction of sp³-hybridized carbons (Fsp3) is 0.455. The number of nitrogens with zero attached hydrogens (tertiary/aromatic N) is 1. The molecule has 1 aromatic rings. The molecule has 1 aliphatic carbocycles. The summed E-state index contributed by atoms with van der Waals surface area (Å²) in [6.45, 7) is 0.831. The molecule has 1 aromatic heterocycles. The standard InChI is InChI=1S/C11H15N3O2/c15-10-4-3-9(13-6-10)5-12-7-11(16)14-8-1-2-8/h3-4,6,8,12,15H,1-2,5,7H2,(H,14,16). The summed E-state index contributed by atoms with van der Waals surface area (Å²) in [5.74, 6) is 0.177. The molecule has 3 N–H and O–H groups in total. The van der Waals surface area contributed by atoms with Crippen molar-refractivity contribution in [2.45, 2.75) is 25.4 Å². The summed E-state index contributed by atoms with van der Waals surface area (Å²) < 4.78 is 0. The lowest BCUT2D eigenvalue weighted by Crippen LogP contribution is -2.34. The third kappa shape index (κ3) is 3.51. The number of hydrogen-bond acceptors (Lipinski definition) is 4. The van der Waals surface area contributed by atoms with Gasteiger partial charge in [-0.05, 0) is 25.0 Å². The van der Waals surface area contributed by atoms with E-state index in [4.69, 9.17) is 5.11 Å². The van der Waals surface area contributed by atoms with Crippen LogP contribution in [0.5, 0.6) is 5.75 Å². The highest BCUT2D eigenvalue weighted by atomic mass is 16.3. The molecule has 0 atom stereocenters. The third-order valence-electron chi connectivity index (χ3n) is 2.34. The number of aromatic hydroxyl groups is 1. The molecule has 0 aromatic carbocycles. The molecule has 86 valence electrons. The molecule has 0 radical (unpaired) electrons. The first-order chi connectivity index (χ1) is 7.74. The van der Waals surface area contributed by atoms with Crippen LogP contribution in [-0.2, 0) is 11.3 Å². The Morgan fingerprint density at radius 2 is 2.31 bits per heavy atom. The average molecular weight is 221 g/mol. The Hall–Kier alpha value is -1.62. The fourth-order valence-corrected chi connectivity index (χ4v) is 1.33. The first-order valence-electron chi connectivity index (χ1n) is 5.38. The molecular formula is C11H15N3O2. The lowest BCUT2D eigenvalue weighted by molar-refractivity contribution is -0.120. The van der Waals surface area contributed by atoms with Gasteiger partial charge in [0, 0.05) is 12.6 Å². The minimum atomic E-state index is 0.0290. The first kappa shape index (κ1) is 10.9. The third-order valence-corrected chi connectivity index (χ3v) is 2.34. The Morgan fingerprint density at radius 1 is 1.50 bits per heavy atom. The van der Waals surface area contributed by atoms with E-state index in [1.807, 2.05) is 0 Å². The number of amides is 1. The highest BCUT2D eigenvalue weighted by Crippen LogP contribution is 2.18. The van der Waals surface area contributed by atoms with Crippen LogP contribution < -0.4 is 10.6 Å². The normalized spacial score (nSPS) is 14.8. The number of nitrogens with one attached hydrogen (secondary N) is 2. The van der Waals surface area contributed by atoms with E-state index in [0.717, 1.165) is 18.5 Å². The zero-order chi connectivity index (χ0) is 11.4. The van der Waals surface area contributed by atoms with Gasteiger partial charge in [-0.1, -0.05) is 0 Å². The van der Waals surface area contributed by atoms with E-state index in [-0.39, 0.29) is 11.7 Å². The van der Waals surface area contributed by atoms with E-state index in [1.165, 1.54) is 6.20 Å². The second-order valence-corrected chi connectivity index (χ2v) is 3.95. The predicted octanol–water partition coefficient (Wildman–Crippen LogP) is 0.155. The largest absolute Gasteiger partial charge is 0.506 e. The van der Waals surface area contributed by atoms with Crippen LogP contribution in [0.3, 0.4) is 0 Å². The van der Waals surface area contributed by atoms with Crippen molar-refractivity contribution < 1.29 is 9.90 Å². The van der Waals surface area contributed by atoms with Gasteiger partial charge in [-0.2, -0.15) is 0 Å². The number of pyridine rings is 1. The van der Waals surface area contributed by atoms with Crippen molar-refractivity contribution in [3.05, 3.63) is 24.0 Å². The smallest absolute Gasteiger partial charge is 0.234 e. The van der Waals surface area contributed by atoms with E-state index in [1.54, 1.807) is 12.1 Å². The Bertz CT molecular complexity index is 360. The molecule has 1 heterocycles. The monoisotopic (exact) mass is 221 g/mol. The minimum Gasteiger partial charge on any atom is -0.506 e. The van der Waals surface area contributed by atoms with Crippen LogP contribution in [0.4, 0.5) is 0 Å².